The summed E-state index contributed by atoms with van der Waals surface area (Å²) in [5.74, 6) is 0.443. The molecular weight excluding hydrogens is 306 g/mol. The van der Waals surface area contributed by atoms with Crippen LogP contribution in [0.4, 0.5) is 5.69 Å². The molecule has 1 saturated carbocycles. The van der Waals surface area contributed by atoms with Gasteiger partial charge in [-0.25, -0.2) is 4.79 Å². The minimum atomic E-state index is -0.288. The van der Waals surface area contributed by atoms with Crippen LogP contribution in [0.1, 0.15) is 25.8 Å². The van der Waals surface area contributed by atoms with E-state index >= 15 is 0 Å². The lowest BCUT2D eigenvalue weighted by Crippen LogP contribution is -2.25. The fraction of sp³-hybridized carbons (Fsp3) is 0.353. The number of imidazole rings is 1. The third kappa shape index (κ3) is 2.73. The predicted molar refractivity (Wildman–Crippen MR) is 90.9 cm³/mol. The van der Waals surface area contributed by atoms with Gasteiger partial charge in [0.25, 0.3) is 0 Å². The predicted octanol–water partition coefficient (Wildman–Crippen LogP) is 2.14. The summed E-state index contributed by atoms with van der Waals surface area (Å²) in [7, 11) is 0. The first kappa shape index (κ1) is 14.7. The molecule has 1 aliphatic rings. The maximum atomic E-state index is 12.3. The van der Waals surface area contributed by atoms with Gasteiger partial charge in [-0.1, -0.05) is 12.1 Å². The van der Waals surface area contributed by atoms with E-state index in [1.165, 1.54) is 17.4 Å². The number of rotatable bonds is 5. The Morgan fingerprint density at radius 1 is 1.42 bits per heavy atom. The van der Waals surface area contributed by atoms with Gasteiger partial charge in [0.1, 0.15) is 6.54 Å². The molecule has 0 radical (unpaired) electrons. The molecule has 1 aliphatic carbocycles. The van der Waals surface area contributed by atoms with E-state index in [4.69, 9.17) is 0 Å². The van der Waals surface area contributed by atoms with Crippen LogP contribution < -0.4 is 11.0 Å². The first-order valence-electron chi connectivity index (χ1n) is 8.13. The van der Waals surface area contributed by atoms with Gasteiger partial charge in [-0.3, -0.25) is 14.0 Å². The minimum Gasteiger partial charge on any atom is -0.322 e. The Hall–Kier alpha value is -2.83. The van der Waals surface area contributed by atoms with Gasteiger partial charge in [0.2, 0.25) is 5.91 Å². The summed E-state index contributed by atoms with van der Waals surface area (Å²) < 4.78 is 3.33. The highest BCUT2D eigenvalue weighted by atomic mass is 16.2. The third-order valence-corrected chi connectivity index (χ3v) is 4.59. The molecule has 4 rings (SSSR count). The number of anilines is 1. The van der Waals surface area contributed by atoms with Crippen molar-refractivity contribution < 1.29 is 4.79 Å². The van der Waals surface area contributed by atoms with Crippen molar-refractivity contribution >= 4 is 22.6 Å². The van der Waals surface area contributed by atoms with E-state index in [1.54, 1.807) is 6.20 Å². The number of nitrogens with zero attached hydrogens (tertiary/aromatic N) is 3. The molecule has 1 unspecified atom stereocenters. The van der Waals surface area contributed by atoms with Gasteiger partial charge in [0.15, 0.2) is 0 Å². The zero-order valence-electron chi connectivity index (χ0n) is 13.4. The molecule has 3 aromatic rings. The fourth-order valence-electron chi connectivity index (χ4n) is 3.03. The molecule has 0 saturated heterocycles. The Morgan fingerprint density at radius 2 is 2.21 bits per heavy atom. The van der Waals surface area contributed by atoms with Crippen LogP contribution in [0.3, 0.4) is 0 Å². The molecule has 0 spiro atoms. The molecule has 1 amide bonds. The number of hydrogen-bond donors (Lipinski definition) is 2. The van der Waals surface area contributed by atoms with Crippen molar-refractivity contribution in [2.45, 2.75) is 32.4 Å². The van der Waals surface area contributed by atoms with Gasteiger partial charge >= 0.3 is 5.69 Å². The van der Waals surface area contributed by atoms with Crippen LogP contribution in [-0.4, -0.2) is 25.2 Å². The third-order valence-electron chi connectivity index (χ3n) is 4.59. The van der Waals surface area contributed by atoms with Crippen molar-refractivity contribution in [2.24, 2.45) is 5.92 Å². The van der Waals surface area contributed by atoms with Crippen molar-refractivity contribution in [1.82, 2.24) is 19.3 Å². The van der Waals surface area contributed by atoms with Crippen LogP contribution in [-0.2, 0) is 11.3 Å². The second kappa shape index (κ2) is 5.67. The first-order chi connectivity index (χ1) is 11.6. The Morgan fingerprint density at radius 3 is 3.00 bits per heavy atom. The first-order valence-corrected chi connectivity index (χ1v) is 8.13. The number of carbonyl (C=O) groups excluding carboxylic acids is 1. The smallest absolute Gasteiger partial charge is 0.322 e. The molecule has 2 aromatic heterocycles. The lowest BCUT2D eigenvalue weighted by atomic mass is 10.2. The van der Waals surface area contributed by atoms with Gasteiger partial charge in [-0.2, -0.15) is 5.10 Å². The molecule has 1 atom stereocenters. The standard InChI is InChI=1S/C17H19N5O2/c1-11(12-6-7-12)22-9-13(8-18-22)19-16(23)10-21-15-5-3-2-4-14(15)20-17(21)24/h2-5,8-9,11-12H,6-7,10H2,1H3,(H,19,23)(H,20,24). The monoisotopic (exact) mass is 325 g/mol. The summed E-state index contributed by atoms with van der Waals surface area (Å²) in [4.78, 5) is 27.0. The highest BCUT2D eigenvalue weighted by molar-refractivity contribution is 5.91. The SMILES string of the molecule is CC(C1CC1)n1cc(NC(=O)Cn2c(=O)[nH]c3ccccc32)cn1. The molecule has 2 heterocycles. The number of aromatic amines is 1. The Kier molecular flexibility index (Phi) is 3.48. The summed E-state index contributed by atoms with van der Waals surface area (Å²) >= 11 is 0. The minimum absolute atomic E-state index is 0.0355. The van der Waals surface area contributed by atoms with E-state index in [9.17, 15) is 9.59 Å². The van der Waals surface area contributed by atoms with E-state index < -0.39 is 0 Å². The number of carbonyl (C=O) groups is 1. The van der Waals surface area contributed by atoms with Crippen LogP contribution in [0.25, 0.3) is 11.0 Å². The van der Waals surface area contributed by atoms with Crippen LogP contribution >= 0.6 is 0 Å². The van der Waals surface area contributed by atoms with Crippen LogP contribution in [0.2, 0.25) is 0 Å². The van der Waals surface area contributed by atoms with E-state index in [0.717, 1.165) is 11.0 Å². The molecule has 0 bridgehead atoms. The molecule has 7 nitrogen and oxygen atoms in total. The van der Waals surface area contributed by atoms with Crippen LogP contribution in [0, 0.1) is 5.92 Å². The zero-order chi connectivity index (χ0) is 16.7. The summed E-state index contributed by atoms with van der Waals surface area (Å²) in [6.07, 6.45) is 5.98. The second-order valence-electron chi connectivity index (χ2n) is 6.37. The Labute approximate surface area is 138 Å². The zero-order valence-corrected chi connectivity index (χ0v) is 13.4. The largest absolute Gasteiger partial charge is 0.326 e. The molecule has 1 fully saturated rings. The molecule has 1 aromatic carbocycles. The van der Waals surface area contributed by atoms with Crippen molar-refractivity contribution in [3.63, 3.8) is 0 Å². The number of para-hydroxylation sites is 2. The van der Waals surface area contributed by atoms with Gasteiger partial charge < -0.3 is 10.3 Å². The van der Waals surface area contributed by atoms with Gasteiger partial charge in [-0.15, -0.1) is 0 Å². The summed E-state index contributed by atoms with van der Waals surface area (Å²) in [5, 5.41) is 7.13. The molecule has 124 valence electrons. The van der Waals surface area contributed by atoms with E-state index in [2.05, 4.69) is 22.3 Å². The summed E-state index contributed by atoms with van der Waals surface area (Å²) in [5.41, 5.74) is 1.81. The Balaban J connectivity index is 1.48. The highest BCUT2D eigenvalue weighted by Gasteiger charge is 2.29. The van der Waals surface area contributed by atoms with Crippen molar-refractivity contribution in [3.8, 4) is 0 Å². The van der Waals surface area contributed by atoms with Crippen molar-refractivity contribution in [1.29, 1.82) is 0 Å². The van der Waals surface area contributed by atoms with Crippen molar-refractivity contribution in [3.05, 3.63) is 47.1 Å². The van der Waals surface area contributed by atoms with Gasteiger partial charge in [-0.05, 0) is 37.8 Å². The number of hydrogen-bond acceptors (Lipinski definition) is 3. The normalized spacial score (nSPS) is 15.5. The second-order valence-corrected chi connectivity index (χ2v) is 6.37. The van der Waals surface area contributed by atoms with Gasteiger partial charge in [0.05, 0.1) is 29.0 Å². The van der Waals surface area contributed by atoms with E-state index in [1.807, 2.05) is 35.1 Å². The lowest BCUT2D eigenvalue weighted by molar-refractivity contribution is -0.116. The molecule has 2 N–H and O–H groups in total. The summed E-state index contributed by atoms with van der Waals surface area (Å²) in [6.45, 7) is 2.11. The molecule has 24 heavy (non-hydrogen) atoms. The average Bonchev–Trinajstić information content (AvgIpc) is 3.24. The van der Waals surface area contributed by atoms with E-state index in [0.29, 0.717) is 17.6 Å². The Bertz CT molecular complexity index is 947. The van der Waals surface area contributed by atoms with Crippen LogP contribution in [0.15, 0.2) is 41.5 Å². The fourth-order valence-corrected chi connectivity index (χ4v) is 3.03. The summed E-state index contributed by atoms with van der Waals surface area (Å²) in [6, 6.07) is 7.67. The number of H-pyrrole nitrogens is 1. The lowest BCUT2D eigenvalue weighted by Gasteiger charge is -2.09. The number of amides is 1. The van der Waals surface area contributed by atoms with Crippen molar-refractivity contribution in [2.75, 3.05) is 5.32 Å². The number of benzene rings is 1. The molecule has 0 aliphatic heterocycles. The van der Waals surface area contributed by atoms with Crippen LogP contribution in [0.5, 0.6) is 0 Å². The number of aromatic nitrogens is 4. The topological polar surface area (TPSA) is 84.7 Å². The maximum Gasteiger partial charge on any atom is 0.326 e. The average molecular weight is 325 g/mol. The number of fused-ring (bicyclic) bond motifs is 1. The highest BCUT2D eigenvalue weighted by Crippen LogP contribution is 2.39. The van der Waals surface area contributed by atoms with E-state index in [-0.39, 0.29) is 18.1 Å². The quantitative estimate of drug-likeness (QED) is 0.753. The molecular formula is C17H19N5O2. The van der Waals surface area contributed by atoms with Gasteiger partial charge in [0, 0.05) is 6.20 Å². The number of nitrogens with one attached hydrogen (secondary N) is 2. The molecule has 7 heteroatoms. The maximum absolute atomic E-state index is 12.3.